The van der Waals surface area contributed by atoms with Gasteiger partial charge in [0.05, 0.1) is 11.3 Å². The molecule has 2 aliphatic rings. The Bertz CT molecular complexity index is 914. The number of imidazole rings is 1. The highest BCUT2D eigenvalue weighted by Crippen LogP contribution is 2.30. The number of halogens is 3. The molecule has 9 heteroatoms. The van der Waals surface area contributed by atoms with Gasteiger partial charge in [-0.2, -0.15) is 13.2 Å². The summed E-state index contributed by atoms with van der Waals surface area (Å²) in [6.45, 7) is 0.578. The van der Waals surface area contributed by atoms with Gasteiger partial charge in [-0.1, -0.05) is 0 Å². The molecule has 28 heavy (non-hydrogen) atoms. The third kappa shape index (κ3) is 3.74. The van der Waals surface area contributed by atoms with Crippen LogP contribution in [0.25, 0.3) is 0 Å². The van der Waals surface area contributed by atoms with E-state index in [-0.39, 0.29) is 29.2 Å². The van der Waals surface area contributed by atoms with Crippen molar-refractivity contribution in [3.8, 4) is 0 Å². The van der Waals surface area contributed by atoms with Crippen LogP contribution in [0.1, 0.15) is 58.0 Å². The van der Waals surface area contributed by atoms with E-state index in [1.807, 2.05) is 0 Å². The maximum atomic E-state index is 12.7. The van der Waals surface area contributed by atoms with Crippen molar-refractivity contribution >= 4 is 17.5 Å². The predicted molar refractivity (Wildman–Crippen MR) is 95.1 cm³/mol. The zero-order valence-electron chi connectivity index (χ0n) is 15.0. The molecule has 1 aliphatic carbocycles. The van der Waals surface area contributed by atoms with E-state index in [4.69, 9.17) is 0 Å². The van der Waals surface area contributed by atoms with E-state index >= 15 is 0 Å². The first-order valence-electron chi connectivity index (χ1n) is 9.22. The number of aromatic nitrogens is 2. The fourth-order valence-electron chi connectivity index (χ4n) is 3.31. The van der Waals surface area contributed by atoms with Gasteiger partial charge in [-0.3, -0.25) is 9.59 Å². The summed E-state index contributed by atoms with van der Waals surface area (Å²) in [4.78, 5) is 29.4. The number of carbonyl (C=O) groups excluding carboxylic acids is 2. The molecule has 0 saturated heterocycles. The van der Waals surface area contributed by atoms with Crippen LogP contribution in [0.3, 0.4) is 0 Å². The highest BCUT2D eigenvalue weighted by molar-refractivity contribution is 6.03. The van der Waals surface area contributed by atoms with Gasteiger partial charge in [0.25, 0.3) is 11.8 Å². The maximum Gasteiger partial charge on any atom is 0.416 e. The summed E-state index contributed by atoms with van der Waals surface area (Å²) < 4.78 is 39.8. The number of rotatable bonds is 4. The van der Waals surface area contributed by atoms with Crippen LogP contribution in [0.2, 0.25) is 0 Å². The molecule has 1 fully saturated rings. The van der Waals surface area contributed by atoms with E-state index in [0.717, 1.165) is 43.5 Å². The van der Waals surface area contributed by atoms with Crippen molar-refractivity contribution in [2.75, 3.05) is 5.32 Å². The first-order valence-corrected chi connectivity index (χ1v) is 9.22. The molecule has 148 valence electrons. The standard InChI is InChI=1S/C19H19F3N4O2/c20-19(21,22)11-4-6-12(7-5-11)24-18(28)16-25-15(17(27)23-13-8-9-13)14-3-1-2-10-26(14)16/h4-7,13H,1-3,8-10H2,(H,23,27)(H,24,28). The Balaban J connectivity index is 1.56. The van der Waals surface area contributed by atoms with Crippen molar-refractivity contribution in [2.24, 2.45) is 0 Å². The van der Waals surface area contributed by atoms with Crippen molar-refractivity contribution in [1.82, 2.24) is 14.9 Å². The Kier molecular flexibility index (Phi) is 4.60. The Morgan fingerprint density at radius 2 is 1.79 bits per heavy atom. The molecular formula is C19H19F3N4O2. The smallest absolute Gasteiger partial charge is 0.348 e. The van der Waals surface area contributed by atoms with E-state index < -0.39 is 17.6 Å². The highest BCUT2D eigenvalue weighted by Gasteiger charge is 2.32. The lowest BCUT2D eigenvalue weighted by atomic mass is 10.1. The lowest BCUT2D eigenvalue weighted by Gasteiger charge is -2.17. The Morgan fingerprint density at radius 3 is 2.43 bits per heavy atom. The van der Waals surface area contributed by atoms with Gasteiger partial charge in [0.2, 0.25) is 0 Å². The van der Waals surface area contributed by atoms with Gasteiger partial charge >= 0.3 is 6.18 Å². The van der Waals surface area contributed by atoms with Crippen LogP contribution in [0, 0.1) is 0 Å². The summed E-state index contributed by atoms with van der Waals surface area (Å²) in [5, 5.41) is 5.46. The van der Waals surface area contributed by atoms with Crippen molar-refractivity contribution in [3.63, 3.8) is 0 Å². The minimum atomic E-state index is -4.44. The number of nitrogens with zero attached hydrogens (tertiary/aromatic N) is 2. The van der Waals surface area contributed by atoms with Crippen molar-refractivity contribution < 1.29 is 22.8 Å². The molecular weight excluding hydrogens is 373 g/mol. The topological polar surface area (TPSA) is 76.0 Å². The average molecular weight is 392 g/mol. The number of hydrogen-bond donors (Lipinski definition) is 2. The molecule has 0 spiro atoms. The Labute approximate surface area is 159 Å². The molecule has 2 aromatic rings. The largest absolute Gasteiger partial charge is 0.416 e. The van der Waals surface area contributed by atoms with E-state index in [9.17, 15) is 22.8 Å². The molecule has 0 radical (unpaired) electrons. The van der Waals surface area contributed by atoms with Crippen molar-refractivity contribution in [1.29, 1.82) is 0 Å². The maximum absolute atomic E-state index is 12.7. The fraction of sp³-hybridized carbons (Fsp3) is 0.421. The zero-order valence-corrected chi connectivity index (χ0v) is 15.0. The molecule has 2 amide bonds. The second kappa shape index (κ2) is 6.96. The SMILES string of the molecule is O=C(NC1CC1)c1nc(C(=O)Nc2ccc(C(F)(F)F)cc2)n2c1CCCC2. The van der Waals surface area contributed by atoms with E-state index in [0.29, 0.717) is 13.0 Å². The van der Waals surface area contributed by atoms with Gasteiger partial charge in [-0.15, -0.1) is 0 Å². The van der Waals surface area contributed by atoms with Gasteiger partial charge in [0, 0.05) is 18.3 Å². The Hall–Kier alpha value is -2.84. The van der Waals surface area contributed by atoms with E-state index in [1.54, 1.807) is 4.57 Å². The minimum Gasteiger partial charge on any atom is -0.348 e. The van der Waals surface area contributed by atoms with Crippen LogP contribution in [0.5, 0.6) is 0 Å². The van der Waals surface area contributed by atoms with Crippen LogP contribution >= 0.6 is 0 Å². The second-order valence-corrected chi connectivity index (χ2v) is 7.12. The molecule has 2 N–H and O–H groups in total. The molecule has 0 unspecified atom stereocenters. The monoisotopic (exact) mass is 392 g/mol. The second-order valence-electron chi connectivity index (χ2n) is 7.12. The van der Waals surface area contributed by atoms with Crippen LogP contribution < -0.4 is 10.6 Å². The van der Waals surface area contributed by atoms with Crippen LogP contribution in [0.4, 0.5) is 18.9 Å². The highest BCUT2D eigenvalue weighted by atomic mass is 19.4. The number of benzene rings is 1. The minimum absolute atomic E-state index is 0.107. The summed E-state index contributed by atoms with van der Waals surface area (Å²) >= 11 is 0. The van der Waals surface area contributed by atoms with E-state index in [2.05, 4.69) is 15.6 Å². The van der Waals surface area contributed by atoms with Crippen LogP contribution in [0.15, 0.2) is 24.3 Å². The molecule has 1 aromatic carbocycles. The first kappa shape index (κ1) is 18.5. The number of carbonyl (C=O) groups is 2. The van der Waals surface area contributed by atoms with Gasteiger partial charge in [0.15, 0.2) is 5.82 Å². The lowest BCUT2D eigenvalue weighted by Crippen LogP contribution is -2.27. The summed E-state index contributed by atoms with van der Waals surface area (Å²) in [6, 6.07) is 4.39. The number of fused-ring (bicyclic) bond motifs is 1. The summed E-state index contributed by atoms with van der Waals surface area (Å²) in [5.41, 5.74) is 0.448. The normalized spacial score (nSPS) is 16.4. The summed E-state index contributed by atoms with van der Waals surface area (Å²) in [7, 11) is 0. The molecule has 0 atom stereocenters. The van der Waals surface area contributed by atoms with Gasteiger partial charge in [-0.05, 0) is 56.4 Å². The number of nitrogens with one attached hydrogen (secondary N) is 2. The summed E-state index contributed by atoms with van der Waals surface area (Å²) in [6.07, 6.45) is -0.0996. The quantitative estimate of drug-likeness (QED) is 0.838. The third-order valence-corrected chi connectivity index (χ3v) is 4.92. The molecule has 6 nitrogen and oxygen atoms in total. The predicted octanol–water partition coefficient (Wildman–Crippen LogP) is 3.38. The molecule has 1 saturated carbocycles. The Morgan fingerprint density at radius 1 is 1.07 bits per heavy atom. The lowest BCUT2D eigenvalue weighted by molar-refractivity contribution is -0.137. The van der Waals surface area contributed by atoms with Crippen molar-refractivity contribution in [2.45, 2.75) is 50.9 Å². The number of amides is 2. The van der Waals surface area contributed by atoms with E-state index in [1.165, 1.54) is 12.1 Å². The third-order valence-electron chi connectivity index (χ3n) is 4.92. The van der Waals surface area contributed by atoms with Crippen LogP contribution in [-0.4, -0.2) is 27.4 Å². The number of anilines is 1. The van der Waals surface area contributed by atoms with Gasteiger partial charge < -0.3 is 15.2 Å². The zero-order chi connectivity index (χ0) is 19.9. The molecule has 0 bridgehead atoms. The fourth-order valence-corrected chi connectivity index (χ4v) is 3.31. The number of alkyl halides is 3. The summed E-state index contributed by atoms with van der Waals surface area (Å²) in [5.74, 6) is -0.717. The molecule has 1 aliphatic heterocycles. The average Bonchev–Trinajstić information content (AvgIpc) is 3.38. The van der Waals surface area contributed by atoms with Crippen LogP contribution in [-0.2, 0) is 19.1 Å². The van der Waals surface area contributed by atoms with Crippen molar-refractivity contribution in [3.05, 3.63) is 47.0 Å². The van der Waals surface area contributed by atoms with Gasteiger partial charge in [-0.25, -0.2) is 4.98 Å². The molecule has 2 heterocycles. The molecule has 1 aromatic heterocycles. The van der Waals surface area contributed by atoms with Gasteiger partial charge in [0.1, 0.15) is 5.69 Å². The number of hydrogen-bond acceptors (Lipinski definition) is 3. The first-order chi connectivity index (χ1) is 13.3. The molecule has 4 rings (SSSR count).